The number of ketones is 1. The number of aliphatic hydroxyl groups is 1. The number of aliphatic hydroxyl groups excluding tert-OH is 1. The average Bonchev–Trinajstić information content (AvgIpc) is 3.22. The normalized spacial score (nSPS) is 22.3. The molecule has 6 nitrogen and oxygen atoms in total. The van der Waals surface area contributed by atoms with E-state index < -0.39 is 17.7 Å². The first-order valence-electron chi connectivity index (χ1n) is 9.73. The number of ether oxygens (including phenoxy) is 2. The van der Waals surface area contributed by atoms with Gasteiger partial charge in [0, 0.05) is 30.1 Å². The third-order valence-corrected chi connectivity index (χ3v) is 5.90. The van der Waals surface area contributed by atoms with Crippen molar-refractivity contribution in [1.82, 2.24) is 4.90 Å². The Morgan fingerprint density at radius 3 is 2.80 bits per heavy atom. The van der Waals surface area contributed by atoms with E-state index in [1.54, 1.807) is 12.1 Å². The first-order chi connectivity index (χ1) is 14.4. The van der Waals surface area contributed by atoms with Crippen molar-refractivity contribution in [2.24, 2.45) is 0 Å². The lowest BCUT2D eigenvalue weighted by atomic mass is 9.94. The summed E-state index contributed by atoms with van der Waals surface area (Å²) in [5.41, 5.74) is 2.29. The zero-order chi connectivity index (χ0) is 21.4. The summed E-state index contributed by atoms with van der Waals surface area (Å²) in [6.45, 7) is 2.50. The lowest BCUT2D eigenvalue weighted by Gasteiger charge is -2.25. The topological polar surface area (TPSA) is 76.1 Å². The fraction of sp³-hybridized carbons (Fsp3) is 0.304. The van der Waals surface area contributed by atoms with E-state index in [1.807, 2.05) is 37.3 Å². The molecule has 1 N–H and O–H groups in total. The number of amides is 1. The third kappa shape index (κ3) is 3.63. The molecule has 0 saturated carbocycles. The molecule has 2 aromatic carbocycles. The van der Waals surface area contributed by atoms with Crippen LogP contribution in [0.5, 0.6) is 5.75 Å². The van der Waals surface area contributed by atoms with Crippen LogP contribution < -0.4 is 4.74 Å². The maximum atomic E-state index is 13.0. The highest BCUT2D eigenvalue weighted by molar-refractivity contribution is 9.10. The summed E-state index contributed by atoms with van der Waals surface area (Å²) in [7, 11) is 1.54. The molecule has 2 aliphatic heterocycles. The van der Waals surface area contributed by atoms with E-state index in [4.69, 9.17) is 9.47 Å². The summed E-state index contributed by atoms with van der Waals surface area (Å²) >= 11 is 3.45. The molecule has 1 amide bonds. The minimum absolute atomic E-state index is 0.0682. The van der Waals surface area contributed by atoms with Gasteiger partial charge in [0.2, 0.25) is 0 Å². The van der Waals surface area contributed by atoms with Crippen LogP contribution in [0, 0.1) is 0 Å². The number of halogens is 1. The molecule has 2 heterocycles. The lowest BCUT2D eigenvalue weighted by molar-refractivity contribution is -0.140. The molecule has 0 aliphatic carbocycles. The second kappa shape index (κ2) is 8.24. The summed E-state index contributed by atoms with van der Waals surface area (Å²) in [4.78, 5) is 27.2. The largest absolute Gasteiger partial charge is 0.507 e. The number of carbonyl (C=O) groups is 2. The highest BCUT2D eigenvalue weighted by Gasteiger charge is 2.46. The van der Waals surface area contributed by atoms with E-state index in [1.165, 1.54) is 12.0 Å². The van der Waals surface area contributed by atoms with E-state index >= 15 is 0 Å². The molecular formula is C23H22BrNO5. The summed E-state index contributed by atoms with van der Waals surface area (Å²) in [5, 5.41) is 11.1. The number of Topliss-reactive ketones (excluding diaryl/α,β-unsaturated/α-hetero) is 1. The number of rotatable bonds is 5. The molecule has 2 atom stereocenters. The Balaban J connectivity index is 1.83. The van der Waals surface area contributed by atoms with E-state index in [0.29, 0.717) is 5.56 Å². The Morgan fingerprint density at radius 1 is 1.27 bits per heavy atom. The lowest BCUT2D eigenvalue weighted by Crippen LogP contribution is -2.32. The first kappa shape index (κ1) is 20.6. The maximum absolute atomic E-state index is 13.0. The quantitative estimate of drug-likeness (QED) is 0.407. The van der Waals surface area contributed by atoms with Crippen molar-refractivity contribution in [3.05, 3.63) is 69.2 Å². The fourth-order valence-corrected chi connectivity index (χ4v) is 4.47. The maximum Gasteiger partial charge on any atom is 0.295 e. The number of methoxy groups -OCH3 is 1. The van der Waals surface area contributed by atoms with Crippen molar-refractivity contribution in [2.75, 3.05) is 20.3 Å². The average molecular weight is 472 g/mol. The van der Waals surface area contributed by atoms with Gasteiger partial charge in [-0.15, -0.1) is 0 Å². The van der Waals surface area contributed by atoms with E-state index in [-0.39, 0.29) is 30.6 Å². The second-order valence-corrected chi connectivity index (χ2v) is 8.41. The van der Waals surface area contributed by atoms with Gasteiger partial charge in [-0.3, -0.25) is 9.59 Å². The molecule has 30 heavy (non-hydrogen) atoms. The van der Waals surface area contributed by atoms with Crippen molar-refractivity contribution < 1.29 is 24.2 Å². The zero-order valence-corrected chi connectivity index (χ0v) is 18.3. The minimum atomic E-state index is -0.696. The number of nitrogens with zero attached hydrogens (tertiary/aromatic N) is 1. The van der Waals surface area contributed by atoms with Crippen LogP contribution in [0.4, 0.5) is 0 Å². The van der Waals surface area contributed by atoms with Gasteiger partial charge in [-0.25, -0.2) is 0 Å². The SMILES string of the molecule is COCCN1C(=O)C(=O)C(=C(O)c2ccc3c(c2)C[C@@H](C)O3)[C@@H]1c1cccc(Br)c1. The van der Waals surface area contributed by atoms with Crippen LogP contribution in [0.3, 0.4) is 0 Å². The molecule has 4 rings (SSSR count). The van der Waals surface area contributed by atoms with Gasteiger partial charge < -0.3 is 19.5 Å². The molecule has 156 valence electrons. The second-order valence-electron chi connectivity index (χ2n) is 7.50. The van der Waals surface area contributed by atoms with Crippen molar-refractivity contribution in [1.29, 1.82) is 0 Å². The molecule has 2 aliphatic rings. The Morgan fingerprint density at radius 2 is 2.07 bits per heavy atom. The Kier molecular flexibility index (Phi) is 5.66. The van der Waals surface area contributed by atoms with Crippen LogP contribution in [0.25, 0.3) is 5.76 Å². The van der Waals surface area contributed by atoms with E-state index in [0.717, 1.165) is 27.8 Å². The first-order valence-corrected chi connectivity index (χ1v) is 10.5. The molecule has 0 unspecified atom stereocenters. The smallest absolute Gasteiger partial charge is 0.295 e. The predicted octanol–water partition coefficient (Wildman–Crippen LogP) is 3.84. The summed E-state index contributed by atoms with van der Waals surface area (Å²) < 4.78 is 11.7. The van der Waals surface area contributed by atoms with Crippen LogP contribution in [0.15, 0.2) is 52.5 Å². The molecule has 2 aromatic rings. The van der Waals surface area contributed by atoms with Crippen molar-refractivity contribution in [2.45, 2.75) is 25.5 Å². The van der Waals surface area contributed by atoms with Crippen molar-refractivity contribution in [3.8, 4) is 5.75 Å². The molecule has 1 saturated heterocycles. The fourth-order valence-electron chi connectivity index (χ4n) is 4.05. The summed E-state index contributed by atoms with van der Waals surface area (Å²) in [6.07, 6.45) is 0.798. The van der Waals surface area contributed by atoms with Gasteiger partial charge in [0.05, 0.1) is 18.2 Å². The number of hydrogen-bond donors (Lipinski definition) is 1. The van der Waals surface area contributed by atoms with Gasteiger partial charge in [0.25, 0.3) is 11.7 Å². The van der Waals surface area contributed by atoms with Crippen molar-refractivity contribution >= 4 is 33.4 Å². The highest BCUT2D eigenvalue weighted by atomic mass is 79.9. The Labute approximate surface area is 183 Å². The van der Waals surface area contributed by atoms with Gasteiger partial charge >= 0.3 is 0 Å². The molecular weight excluding hydrogens is 450 g/mol. The van der Waals surface area contributed by atoms with Crippen LogP contribution in [0.1, 0.15) is 29.7 Å². The zero-order valence-electron chi connectivity index (χ0n) is 16.7. The number of carbonyl (C=O) groups excluding carboxylic acids is 2. The van der Waals surface area contributed by atoms with Crippen LogP contribution in [-0.4, -0.2) is 48.1 Å². The number of hydrogen-bond acceptors (Lipinski definition) is 5. The van der Waals surface area contributed by atoms with Gasteiger partial charge in [-0.1, -0.05) is 28.1 Å². The highest BCUT2D eigenvalue weighted by Crippen LogP contribution is 2.41. The number of likely N-dealkylation sites (tertiary alicyclic amines) is 1. The number of benzene rings is 2. The third-order valence-electron chi connectivity index (χ3n) is 5.41. The van der Waals surface area contributed by atoms with E-state index in [9.17, 15) is 14.7 Å². The molecule has 0 spiro atoms. The molecule has 1 fully saturated rings. The van der Waals surface area contributed by atoms with Crippen LogP contribution >= 0.6 is 15.9 Å². The predicted molar refractivity (Wildman–Crippen MR) is 115 cm³/mol. The minimum Gasteiger partial charge on any atom is -0.507 e. The summed E-state index contributed by atoms with van der Waals surface area (Å²) in [5.74, 6) is -0.737. The van der Waals surface area contributed by atoms with Gasteiger partial charge in [0.1, 0.15) is 17.6 Å². The van der Waals surface area contributed by atoms with Crippen molar-refractivity contribution in [3.63, 3.8) is 0 Å². The standard InChI is InChI=1S/C23H22BrNO5/c1-13-10-16-11-15(6-7-18(16)30-13)21(26)19-20(14-4-3-5-17(24)12-14)25(8-9-29-2)23(28)22(19)27/h3-7,11-13,20,26H,8-10H2,1-2H3/t13-,20+/m1/s1. The summed E-state index contributed by atoms with van der Waals surface area (Å²) in [6, 6.07) is 12.0. The molecule has 0 aromatic heterocycles. The van der Waals surface area contributed by atoms with Crippen LogP contribution in [-0.2, 0) is 20.7 Å². The van der Waals surface area contributed by atoms with E-state index in [2.05, 4.69) is 15.9 Å². The molecule has 0 bridgehead atoms. The van der Waals surface area contributed by atoms with Gasteiger partial charge in [0.15, 0.2) is 0 Å². The molecule has 0 radical (unpaired) electrons. The monoisotopic (exact) mass is 471 g/mol. The Hall–Kier alpha value is -2.64. The number of fused-ring (bicyclic) bond motifs is 1. The molecule has 7 heteroatoms. The van der Waals surface area contributed by atoms with Gasteiger partial charge in [-0.05, 0) is 48.4 Å². The van der Waals surface area contributed by atoms with Crippen LogP contribution in [0.2, 0.25) is 0 Å². The van der Waals surface area contributed by atoms with Gasteiger partial charge in [-0.2, -0.15) is 0 Å². The Bertz CT molecular complexity index is 1050.